The van der Waals surface area contributed by atoms with Gasteiger partial charge in [-0.25, -0.2) is 0 Å². The maximum Gasteiger partial charge on any atom is 0.103 e. The molecule has 0 radical (unpaired) electrons. The summed E-state index contributed by atoms with van der Waals surface area (Å²) in [7, 11) is 0. The van der Waals surface area contributed by atoms with Crippen LogP contribution in [0.1, 0.15) is 24.8 Å². The molecular formula is C10H12N4. The highest BCUT2D eigenvalue weighted by Crippen LogP contribution is 2.21. The highest BCUT2D eigenvalue weighted by Gasteiger charge is 2.14. The number of hydrogen-bond donors (Lipinski definition) is 0. The molecule has 1 aromatic rings. The quantitative estimate of drug-likeness (QED) is 0.667. The molecule has 1 fully saturated rings. The van der Waals surface area contributed by atoms with E-state index in [0.29, 0.717) is 5.56 Å². The van der Waals surface area contributed by atoms with Crippen molar-refractivity contribution in [2.45, 2.75) is 19.3 Å². The normalized spacial score (nSPS) is 16.4. The van der Waals surface area contributed by atoms with Gasteiger partial charge in [0.25, 0.3) is 0 Å². The predicted molar refractivity (Wildman–Crippen MR) is 52.8 cm³/mol. The first-order valence-corrected chi connectivity index (χ1v) is 4.87. The largest absolute Gasteiger partial charge is 0.369 e. The first-order valence-electron chi connectivity index (χ1n) is 4.87. The summed E-state index contributed by atoms with van der Waals surface area (Å²) >= 11 is 0. The zero-order valence-electron chi connectivity index (χ0n) is 7.98. The van der Waals surface area contributed by atoms with Crippen LogP contribution in [-0.2, 0) is 0 Å². The molecule has 72 valence electrons. The Balaban J connectivity index is 2.26. The molecule has 1 aliphatic heterocycles. The van der Waals surface area contributed by atoms with Crippen LogP contribution in [0.25, 0.3) is 0 Å². The minimum absolute atomic E-state index is 0.627. The molecule has 0 atom stereocenters. The van der Waals surface area contributed by atoms with Gasteiger partial charge in [-0.2, -0.15) is 15.5 Å². The molecule has 0 aliphatic carbocycles. The van der Waals surface area contributed by atoms with Gasteiger partial charge in [0.05, 0.1) is 23.6 Å². The fourth-order valence-electron chi connectivity index (χ4n) is 1.79. The maximum atomic E-state index is 8.90. The van der Waals surface area contributed by atoms with Crippen LogP contribution in [0.4, 0.5) is 5.69 Å². The van der Waals surface area contributed by atoms with E-state index in [0.717, 1.165) is 18.8 Å². The van der Waals surface area contributed by atoms with Gasteiger partial charge in [-0.1, -0.05) is 0 Å². The molecule has 1 aromatic heterocycles. The van der Waals surface area contributed by atoms with Gasteiger partial charge in [0.15, 0.2) is 0 Å². The Morgan fingerprint density at radius 3 is 2.57 bits per heavy atom. The van der Waals surface area contributed by atoms with Crippen molar-refractivity contribution in [1.82, 2.24) is 10.2 Å². The molecule has 0 spiro atoms. The van der Waals surface area contributed by atoms with E-state index in [1.807, 2.05) is 0 Å². The van der Waals surface area contributed by atoms with Crippen LogP contribution in [0.2, 0.25) is 0 Å². The molecular weight excluding hydrogens is 176 g/mol. The van der Waals surface area contributed by atoms with Crippen molar-refractivity contribution in [2.75, 3.05) is 18.0 Å². The molecule has 0 bridgehead atoms. The molecule has 4 nitrogen and oxygen atoms in total. The fourth-order valence-corrected chi connectivity index (χ4v) is 1.79. The van der Waals surface area contributed by atoms with Crippen LogP contribution in [0.5, 0.6) is 0 Å². The Bertz CT molecular complexity index is 349. The number of anilines is 1. The average Bonchev–Trinajstić information content (AvgIpc) is 2.30. The Kier molecular flexibility index (Phi) is 2.59. The van der Waals surface area contributed by atoms with Gasteiger partial charge in [-0.15, -0.1) is 0 Å². The fraction of sp³-hybridized carbons (Fsp3) is 0.500. The van der Waals surface area contributed by atoms with E-state index >= 15 is 0 Å². The Labute approximate surface area is 83.2 Å². The van der Waals surface area contributed by atoms with E-state index in [1.54, 1.807) is 6.20 Å². The second-order valence-electron chi connectivity index (χ2n) is 3.45. The Morgan fingerprint density at radius 1 is 1.14 bits per heavy atom. The SMILES string of the molecule is N#Cc1cnncc1N1CCCCC1. The lowest BCUT2D eigenvalue weighted by molar-refractivity contribution is 0.576. The Hall–Kier alpha value is -1.63. The summed E-state index contributed by atoms with van der Waals surface area (Å²) in [4.78, 5) is 2.22. The van der Waals surface area contributed by atoms with Crippen LogP contribution in [0.15, 0.2) is 12.4 Å². The maximum absolute atomic E-state index is 8.90. The van der Waals surface area contributed by atoms with Crippen molar-refractivity contribution in [3.63, 3.8) is 0 Å². The Morgan fingerprint density at radius 2 is 1.86 bits per heavy atom. The zero-order valence-corrected chi connectivity index (χ0v) is 7.98. The van der Waals surface area contributed by atoms with Crippen molar-refractivity contribution < 1.29 is 0 Å². The van der Waals surface area contributed by atoms with Gasteiger partial charge in [0.2, 0.25) is 0 Å². The molecule has 2 rings (SSSR count). The first kappa shape index (κ1) is 8.95. The van der Waals surface area contributed by atoms with Crippen molar-refractivity contribution in [3.05, 3.63) is 18.0 Å². The molecule has 1 saturated heterocycles. The third kappa shape index (κ3) is 1.67. The third-order valence-corrected chi connectivity index (χ3v) is 2.53. The van der Waals surface area contributed by atoms with Gasteiger partial charge in [0, 0.05) is 13.1 Å². The van der Waals surface area contributed by atoms with E-state index < -0.39 is 0 Å². The topological polar surface area (TPSA) is 52.8 Å². The van der Waals surface area contributed by atoms with E-state index in [-0.39, 0.29) is 0 Å². The number of hydrogen-bond acceptors (Lipinski definition) is 4. The van der Waals surface area contributed by atoms with E-state index in [4.69, 9.17) is 5.26 Å². The summed E-state index contributed by atoms with van der Waals surface area (Å²) in [5.41, 5.74) is 1.56. The molecule has 0 N–H and O–H groups in total. The standard InChI is InChI=1S/C10H12N4/c11-6-9-7-12-13-8-10(9)14-4-2-1-3-5-14/h7-8H,1-5H2. The lowest BCUT2D eigenvalue weighted by Crippen LogP contribution is -2.30. The average molecular weight is 188 g/mol. The van der Waals surface area contributed by atoms with Gasteiger partial charge in [-0.05, 0) is 19.3 Å². The predicted octanol–water partition coefficient (Wildman–Crippen LogP) is 1.34. The number of aromatic nitrogens is 2. The highest BCUT2D eigenvalue weighted by molar-refractivity contribution is 5.56. The lowest BCUT2D eigenvalue weighted by atomic mass is 10.1. The molecule has 0 unspecified atom stereocenters. The van der Waals surface area contributed by atoms with Gasteiger partial charge in [0.1, 0.15) is 6.07 Å². The summed E-state index contributed by atoms with van der Waals surface area (Å²) in [6.07, 6.45) is 6.91. The van der Waals surface area contributed by atoms with Crippen molar-refractivity contribution in [2.24, 2.45) is 0 Å². The summed E-state index contributed by atoms with van der Waals surface area (Å²) in [6, 6.07) is 2.15. The third-order valence-electron chi connectivity index (χ3n) is 2.53. The summed E-state index contributed by atoms with van der Waals surface area (Å²) in [5, 5.41) is 16.4. The highest BCUT2D eigenvalue weighted by atomic mass is 15.2. The molecule has 0 amide bonds. The number of nitrogens with zero attached hydrogens (tertiary/aromatic N) is 4. The van der Waals surface area contributed by atoms with Crippen LogP contribution >= 0.6 is 0 Å². The van der Waals surface area contributed by atoms with Crippen LogP contribution < -0.4 is 4.90 Å². The lowest BCUT2D eigenvalue weighted by Gasteiger charge is -2.28. The number of rotatable bonds is 1. The van der Waals surface area contributed by atoms with E-state index in [1.165, 1.54) is 25.5 Å². The second-order valence-corrected chi connectivity index (χ2v) is 3.45. The van der Waals surface area contributed by atoms with Gasteiger partial charge >= 0.3 is 0 Å². The molecule has 0 saturated carbocycles. The minimum Gasteiger partial charge on any atom is -0.369 e. The summed E-state index contributed by atoms with van der Waals surface area (Å²) in [5.74, 6) is 0. The van der Waals surface area contributed by atoms with Gasteiger partial charge < -0.3 is 4.90 Å². The van der Waals surface area contributed by atoms with Crippen LogP contribution in [-0.4, -0.2) is 23.3 Å². The molecule has 4 heteroatoms. The smallest absolute Gasteiger partial charge is 0.103 e. The zero-order chi connectivity index (χ0) is 9.80. The van der Waals surface area contributed by atoms with Crippen molar-refractivity contribution >= 4 is 5.69 Å². The van der Waals surface area contributed by atoms with E-state index in [9.17, 15) is 0 Å². The number of nitriles is 1. The minimum atomic E-state index is 0.627. The molecule has 1 aliphatic rings. The van der Waals surface area contributed by atoms with E-state index in [2.05, 4.69) is 21.2 Å². The first-order chi connectivity index (χ1) is 6.92. The van der Waals surface area contributed by atoms with Crippen LogP contribution in [0.3, 0.4) is 0 Å². The van der Waals surface area contributed by atoms with Crippen molar-refractivity contribution in [1.29, 1.82) is 5.26 Å². The molecule has 2 heterocycles. The number of piperidine rings is 1. The second kappa shape index (κ2) is 4.05. The molecule has 0 aromatic carbocycles. The van der Waals surface area contributed by atoms with Gasteiger partial charge in [-0.3, -0.25) is 0 Å². The van der Waals surface area contributed by atoms with Crippen molar-refractivity contribution in [3.8, 4) is 6.07 Å². The van der Waals surface area contributed by atoms with Crippen LogP contribution in [0, 0.1) is 11.3 Å². The summed E-state index contributed by atoms with van der Waals surface area (Å²) < 4.78 is 0. The summed E-state index contributed by atoms with van der Waals surface area (Å²) in [6.45, 7) is 2.06. The molecule has 14 heavy (non-hydrogen) atoms. The monoisotopic (exact) mass is 188 g/mol.